The first-order chi connectivity index (χ1) is 13.0. The maximum Gasteiger partial charge on any atom is 0.323 e. The standard InChI is InChI=1S/C20H23N5O2/c1-13(2)11-21-19(26)18-17(12-22-25(18)3)24-20(27)23-16-10-6-8-14-7-4-5-9-15(14)16/h4-10,12-13H,11H2,1-3H3,(H,21,26)(H2,23,24,27). The van der Waals surface area contributed by atoms with Gasteiger partial charge in [0.1, 0.15) is 5.69 Å². The topological polar surface area (TPSA) is 88.1 Å². The first kappa shape index (κ1) is 18.4. The van der Waals surface area contributed by atoms with Crippen molar-refractivity contribution in [2.45, 2.75) is 13.8 Å². The number of aryl methyl sites for hydroxylation is 1. The number of rotatable bonds is 5. The molecule has 0 aliphatic heterocycles. The molecule has 0 spiro atoms. The minimum atomic E-state index is -0.433. The van der Waals surface area contributed by atoms with Crippen molar-refractivity contribution < 1.29 is 9.59 Å². The number of nitrogens with zero attached hydrogens (tertiary/aromatic N) is 2. The average Bonchev–Trinajstić information content (AvgIpc) is 3.00. The van der Waals surface area contributed by atoms with Crippen molar-refractivity contribution >= 4 is 34.1 Å². The van der Waals surface area contributed by atoms with Crippen LogP contribution in [0.3, 0.4) is 0 Å². The fraction of sp³-hybridized carbons (Fsp3) is 0.250. The van der Waals surface area contributed by atoms with E-state index >= 15 is 0 Å². The molecule has 3 aromatic rings. The van der Waals surface area contributed by atoms with Gasteiger partial charge in [-0.15, -0.1) is 0 Å². The van der Waals surface area contributed by atoms with Gasteiger partial charge in [0.25, 0.3) is 5.91 Å². The number of carbonyl (C=O) groups is 2. The molecule has 0 bridgehead atoms. The van der Waals surface area contributed by atoms with E-state index in [0.717, 1.165) is 10.8 Å². The monoisotopic (exact) mass is 365 g/mol. The highest BCUT2D eigenvalue weighted by molar-refractivity contribution is 6.08. The molecule has 0 radical (unpaired) electrons. The molecule has 0 saturated carbocycles. The molecule has 0 fully saturated rings. The second-order valence-corrected chi connectivity index (χ2v) is 6.74. The van der Waals surface area contributed by atoms with Crippen LogP contribution in [0.1, 0.15) is 24.3 Å². The zero-order valence-corrected chi connectivity index (χ0v) is 15.6. The van der Waals surface area contributed by atoms with Gasteiger partial charge in [-0.05, 0) is 17.4 Å². The van der Waals surface area contributed by atoms with Crippen LogP contribution in [0.2, 0.25) is 0 Å². The number of fused-ring (bicyclic) bond motifs is 1. The number of nitrogens with one attached hydrogen (secondary N) is 3. The molecule has 3 amide bonds. The first-order valence-corrected chi connectivity index (χ1v) is 8.81. The van der Waals surface area contributed by atoms with Crippen molar-refractivity contribution in [2.75, 3.05) is 17.2 Å². The molecule has 3 N–H and O–H groups in total. The fourth-order valence-corrected chi connectivity index (χ4v) is 2.79. The molecule has 0 aliphatic carbocycles. The van der Waals surface area contributed by atoms with Crippen LogP contribution in [0.15, 0.2) is 48.7 Å². The SMILES string of the molecule is CC(C)CNC(=O)c1c(NC(=O)Nc2cccc3ccccc23)cnn1C. The van der Waals surface area contributed by atoms with Crippen LogP contribution in [0.5, 0.6) is 0 Å². The molecule has 27 heavy (non-hydrogen) atoms. The Morgan fingerprint density at radius 1 is 1.04 bits per heavy atom. The van der Waals surface area contributed by atoms with Gasteiger partial charge in [0.05, 0.1) is 17.6 Å². The smallest absolute Gasteiger partial charge is 0.323 e. The Bertz CT molecular complexity index is 972. The molecule has 0 aliphatic rings. The number of hydrogen-bond donors (Lipinski definition) is 3. The van der Waals surface area contributed by atoms with E-state index in [1.807, 2.05) is 56.3 Å². The Balaban J connectivity index is 1.76. The molecule has 140 valence electrons. The van der Waals surface area contributed by atoms with Gasteiger partial charge in [-0.3, -0.25) is 9.48 Å². The highest BCUT2D eigenvalue weighted by Crippen LogP contribution is 2.23. The Morgan fingerprint density at radius 3 is 2.52 bits per heavy atom. The Morgan fingerprint density at radius 2 is 1.74 bits per heavy atom. The zero-order valence-electron chi connectivity index (χ0n) is 15.6. The molecule has 1 aromatic heterocycles. The van der Waals surface area contributed by atoms with Gasteiger partial charge in [-0.25, -0.2) is 4.79 Å². The maximum absolute atomic E-state index is 12.5. The Hall–Kier alpha value is -3.35. The largest absolute Gasteiger partial charge is 0.350 e. The van der Waals surface area contributed by atoms with Crippen LogP contribution in [-0.2, 0) is 7.05 Å². The van der Waals surface area contributed by atoms with Crippen LogP contribution in [-0.4, -0.2) is 28.3 Å². The molecular weight excluding hydrogens is 342 g/mol. The van der Waals surface area contributed by atoms with Crippen LogP contribution in [0.25, 0.3) is 10.8 Å². The van der Waals surface area contributed by atoms with E-state index in [2.05, 4.69) is 21.0 Å². The van der Waals surface area contributed by atoms with E-state index in [9.17, 15) is 9.59 Å². The number of urea groups is 1. The third kappa shape index (κ3) is 4.25. The molecule has 1 heterocycles. The van der Waals surface area contributed by atoms with Gasteiger partial charge in [0.2, 0.25) is 0 Å². The van der Waals surface area contributed by atoms with Crippen molar-refractivity contribution in [3.05, 3.63) is 54.4 Å². The Labute approximate surface area is 157 Å². The first-order valence-electron chi connectivity index (χ1n) is 8.81. The summed E-state index contributed by atoms with van der Waals surface area (Å²) in [5.74, 6) is 0.0532. The number of anilines is 2. The predicted octanol–water partition coefficient (Wildman–Crippen LogP) is 3.60. The number of hydrogen-bond acceptors (Lipinski definition) is 3. The second kappa shape index (κ2) is 7.90. The van der Waals surface area contributed by atoms with Crippen molar-refractivity contribution in [2.24, 2.45) is 13.0 Å². The average molecular weight is 365 g/mol. The number of benzene rings is 2. The maximum atomic E-state index is 12.5. The van der Waals surface area contributed by atoms with E-state index in [1.54, 1.807) is 7.05 Å². The normalized spacial score (nSPS) is 10.8. The van der Waals surface area contributed by atoms with E-state index < -0.39 is 6.03 Å². The third-order valence-corrected chi connectivity index (χ3v) is 4.11. The molecular formula is C20H23N5O2. The summed E-state index contributed by atoms with van der Waals surface area (Å²) >= 11 is 0. The molecule has 7 heteroatoms. The molecule has 0 saturated heterocycles. The van der Waals surface area contributed by atoms with Gasteiger partial charge in [-0.2, -0.15) is 5.10 Å². The molecule has 7 nitrogen and oxygen atoms in total. The van der Waals surface area contributed by atoms with Gasteiger partial charge in [-0.1, -0.05) is 50.2 Å². The van der Waals surface area contributed by atoms with Crippen molar-refractivity contribution in [3.63, 3.8) is 0 Å². The van der Waals surface area contributed by atoms with Gasteiger partial charge >= 0.3 is 6.03 Å². The quantitative estimate of drug-likeness (QED) is 0.645. The number of amides is 3. The van der Waals surface area contributed by atoms with Gasteiger partial charge in [0.15, 0.2) is 0 Å². The lowest BCUT2D eigenvalue weighted by Crippen LogP contribution is -2.30. The van der Waals surface area contributed by atoms with Crippen LogP contribution >= 0.6 is 0 Å². The zero-order chi connectivity index (χ0) is 19.4. The van der Waals surface area contributed by atoms with Gasteiger partial charge < -0.3 is 16.0 Å². The lowest BCUT2D eigenvalue weighted by molar-refractivity contribution is 0.0940. The molecule has 2 aromatic carbocycles. The highest BCUT2D eigenvalue weighted by atomic mass is 16.2. The van der Waals surface area contributed by atoms with Gasteiger partial charge in [0, 0.05) is 19.0 Å². The highest BCUT2D eigenvalue weighted by Gasteiger charge is 2.19. The van der Waals surface area contributed by atoms with E-state index in [1.165, 1.54) is 10.9 Å². The summed E-state index contributed by atoms with van der Waals surface area (Å²) in [5.41, 5.74) is 1.36. The Kier molecular flexibility index (Phi) is 5.40. The molecule has 0 unspecified atom stereocenters. The summed E-state index contributed by atoms with van der Waals surface area (Å²) in [5, 5.41) is 14.5. The third-order valence-electron chi connectivity index (χ3n) is 4.11. The lowest BCUT2D eigenvalue weighted by atomic mass is 10.1. The number of carbonyl (C=O) groups excluding carboxylic acids is 2. The van der Waals surface area contributed by atoms with E-state index in [0.29, 0.717) is 29.5 Å². The second-order valence-electron chi connectivity index (χ2n) is 6.74. The summed E-state index contributed by atoms with van der Waals surface area (Å²) in [4.78, 5) is 24.9. The summed E-state index contributed by atoms with van der Waals surface area (Å²) in [7, 11) is 1.66. The van der Waals surface area contributed by atoms with E-state index in [-0.39, 0.29) is 5.91 Å². The van der Waals surface area contributed by atoms with Crippen molar-refractivity contribution in [1.82, 2.24) is 15.1 Å². The summed E-state index contributed by atoms with van der Waals surface area (Å²) < 4.78 is 1.45. The molecule has 0 atom stereocenters. The van der Waals surface area contributed by atoms with Crippen molar-refractivity contribution in [3.8, 4) is 0 Å². The minimum Gasteiger partial charge on any atom is -0.350 e. The van der Waals surface area contributed by atoms with Crippen molar-refractivity contribution in [1.29, 1.82) is 0 Å². The molecule has 3 rings (SSSR count). The fourth-order valence-electron chi connectivity index (χ4n) is 2.79. The summed E-state index contributed by atoms with van der Waals surface area (Å²) in [6, 6.07) is 13.1. The number of aromatic nitrogens is 2. The predicted molar refractivity (Wildman–Crippen MR) is 107 cm³/mol. The van der Waals surface area contributed by atoms with Crippen LogP contribution in [0.4, 0.5) is 16.2 Å². The summed E-state index contributed by atoms with van der Waals surface area (Å²) in [6.07, 6.45) is 1.47. The minimum absolute atomic E-state index is 0.274. The lowest BCUT2D eigenvalue weighted by Gasteiger charge is -2.12. The summed E-state index contributed by atoms with van der Waals surface area (Å²) in [6.45, 7) is 4.58. The van der Waals surface area contributed by atoms with E-state index in [4.69, 9.17) is 0 Å². The van der Waals surface area contributed by atoms with Crippen LogP contribution in [0, 0.1) is 5.92 Å². The van der Waals surface area contributed by atoms with Crippen LogP contribution < -0.4 is 16.0 Å².